The van der Waals surface area contributed by atoms with Gasteiger partial charge in [0.2, 0.25) is 0 Å². The first-order chi connectivity index (χ1) is 4.57. The molecule has 0 saturated carbocycles. The van der Waals surface area contributed by atoms with Crippen molar-refractivity contribution in [3.05, 3.63) is 12.2 Å². The first-order valence-electron chi connectivity index (χ1n) is 2.93. The van der Waals surface area contributed by atoms with E-state index < -0.39 is 8.35 Å². The minimum absolute atomic E-state index is 0.00789. The molecule has 1 atom stereocenters. The van der Waals surface area contributed by atoms with Crippen LogP contribution in [0, 0.1) is 0 Å². The molecule has 0 amide bonds. The Labute approximate surface area is 67.3 Å². The average Bonchev–Trinajstić information content (AvgIpc) is 1.87. The highest BCUT2D eigenvalue weighted by Crippen LogP contribution is 2.03. The Morgan fingerprint density at radius 3 is 2.60 bits per heavy atom. The Balaban J connectivity index is 3.68. The van der Waals surface area contributed by atoms with Crippen LogP contribution >= 0.6 is 11.1 Å². The van der Waals surface area contributed by atoms with Crippen LogP contribution in [0.25, 0.3) is 0 Å². The van der Waals surface area contributed by atoms with Gasteiger partial charge in [-0.2, -0.15) is 0 Å². The predicted octanol–water partition coefficient (Wildman–Crippen LogP) is 1.24. The van der Waals surface area contributed by atoms with E-state index in [1.807, 2.05) is 0 Å². The van der Waals surface area contributed by atoms with E-state index in [0.29, 0.717) is 11.6 Å². The van der Waals surface area contributed by atoms with Crippen LogP contribution in [0.15, 0.2) is 12.2 Å². The second-order valence-corrected chi connectivity index (χ2v) is 5.21. The van der Waals surface area contributed by atoms with Gasteiger partial charge in [0.05, 0.1) is 0 Å². The third-order valence-electron chi connectivity index (χ3n) is 1.08. The lowest BCUT2D eigenvalue weighted by Gasteiger charge is -2.02. The average molecular weight is 179 g/mol. The highest BCUT2D eigenvalue weighted by Gasteiger charge is 2.12. The van der Waals surface area contributed by atoms with Gasteiger partial charge < -0.3 is 4.43 Å². The van der Waals surface area contributed by atoms with Crippen LogP contribution in [0.3, 0.4) is 0 Å². The summed E-state index contributed by atoms with van der Waals surface area (Å²) in [6.45, 7) is 5.18. The van der Waals surface area contributed by atoms with Crippen molar-refractivity contribution < 1.29 is 9.22 Å². The second-order valence-electron chi connectivity index (χ2n) is 2.05. The first kappa shape index (κ1) is 9.88. The van der Waals surface area contributed by atoms with E-state index in [4.69, 9.17) is 15.5 Å². The monoisotopic (exact) mass is 178 g/mol. The van der Waals surface area contributed by atoms with Crippen LogP contribution in [0.4, 0.5) is 0 Å². The molecule has 0 aliphatic heterocycles. The maximum absolute atomic E-state index is 10.9. The number of rotatable bonds is 4. The molecule has 0 fully saturated rings. The summed E-state index contributed by atoms with van der Waals surface area (Å²) in [5.74, 6) is 0.00789. The molecule has 58 valence electrons. The number of ketones is 1. The summed E-state index contributed by atoms with van der Waals surface area (Å²) >= 11 is 5.66. The quantitative estimate of drug-likeness (QED) is 0.368. The number of Topliss-reactive ketones (excluding diaryl/α,β-unsaturated/α-hetero) is 1. The van der Waals surface area contributed by atoms with E-state index in [0.717, 1.165) is 0 Å². The van der Waals surface area contributed by atoms with Crippen LogP contribution in [0.2, 0.25) is 6.04 Å². The summed E-state index contributed by atoms with van der Waals surface area (Å²) in [4.78, 5) is 10.9. The number of allylic oxidation sites excluding steroid dienone is 1. The standard InChI is InChI=1S/C6H11ClO2Si/c1-5(2)6(8)4-10(7)9-3/h10H,1,4H2,2-3H3. The summed E-state index contributed by atoms with van der Waals surface area (Å²) in [5, 5.41) is 0. The molecular weight excluding hydrogens is 168 g/mol. The van der Waals surface area contributed by atoms with Crippen molar-refractivity contribution in [3.8, 4) is 0 Å². The summed E-state index contributed by atoms with van der Waals surface area (Å²) in [6, 6.07) is 0.341. The van der Waals surface area contributed by atoms with Crippen LogP contribution in [0.1, 0.15) is 6.92 Å². The highest BCUT2D eigenvalue weighted by atomic mass is 35.6. The van der Waals surface area contributed by atoms with E-state index in [9.17, 15) is 4.79 Å². The van der Waals surface area contributed by atoms with Crippen molar-refractivity contribution in [2.45, 2.75) is 13.0 Å². The Morgan fingerprint density at radius 2 is 2.30 bits per heavy atom. The van der Waals surface area contributed by atoms with E-state index in [2.05, 4.69) is 6.58 Å². The number of hydrogen-bond acceptors (Lipinski definition) is 2. The molecule has 0 bridgehead atoms. The minimum Gasteiger partial charge on any atom is -0.408 e. The zero-order chi connectivity index (χ0) is 8.15. The van der Waals surface area contributed by atoms with Crippen LogP contribution in [0.5, 0.6) is 0 Å². The molecule has 10 heavy (non-hydrogen) atoms. The predicted molar refractivity (Wildman–Crippen MR) is 44.6 cm³/mol. The minimum atomic E-state index is -1.73. The Morgan fingerprint density at radius 1 is 1.80 bits per heavy atom. The van der Waals surface area contributed by atoms with E-state index in [1.54, 1.807) is 6.92 Å². The van der Waals surface area contributed by atoms with E-state index in [1.165, 1.54) is 7.11 Å². The fraction of sp³-hybridized carbons (Fsp3) is 0.500. The third kappa shape index (κ3) is 3.82. The molecule has 0 aliphatic rings. The van der Waals surface area contributed by atoms with Gasteiger partial charge in [-0.15, -0.1) is 11.1 Å². The van der Waals surface area contributed by atoms with Gasteiger partial charge in [-0.05, 0) is 12.5 Å². The van der Waals surface area contributed by atoms with Gasteiger partial charge >= 0.3 is 0 Å². The summed E-state index contributed by atoms with van der Waals surface area (Å²) in [5.41, 5.74) is 0.551. The summed E-state index contributed by atoms with van der Waals surface area (Å²) in [6.07, 6.45) is 0. The van der Waals surface area contributed by atoms with Gasteiger partial charge in [0.25, 0.3) is 8.35 Å². The second kappa shape index (κ2) is 4.66. The van der Waals surface area contributed by atoms with Gasteiger partial charge in [0, 0.05) is 13.2 Å². The normalized spacial score (nSPS) is 12.7. The number of carbonyl (C=O) groups is 1. The SMILES string of the molecule is C=C(C)C(=O)C[SiH](Cl)OC. The fourth-order valence-corrected chi connectivity index (χ4v) is 1.63. The molecule has 0 heterocycles. The van der Waals surface area contributed by atoms with Crippen molar-refractivity contribution >= 4 is 25.2 Å². The topological polar surface area (TPSA) is 26.3 Å². The lowest BCUT2D eigenvalue weighted by atomic mass is 10.2. The van der Waals surface area contributed by atoms with Crippen LogP contribution in [-0.4, -0.2) is 21.2 Å². The molecule has 0 aromatic carbocycles. The van der Waals surface area contributed by atoms with Gasteiger partial charge in [-0.3, -0.25) is 4.79 Å². The van der Waals surface area contributed by atoms with Crippen molar-refractivity contribution in [2.75, 3.05) is 7.11 Å². The largest absolute Gasteiger partial charge is 0.408 e. The van der Waals surface area contributed by atoms with Gasteiger partial charge in [0.1, 0.15) is 0 Å². The van der Waals surface area contributed by atoms with Gasteiger partial charge in [-0.1, -0.05) is 6.58 Å². The summed E-state index contributed by atoms with van der Waals surface area (Å²) in [7, 11) is -0.210. The molecule has 2 nitrogen and oxygen atoms in total. The molecule has 0 rings (SSSR count). The maximum atomic E-state index is 10.9. The van der Waals surface area contributed by atoms with Crippen molar-refractivity contribution in [2.24, 2.45) is 0 Å². The Bertz CT molecular complexity index is 147. The van der Waals surface area contributed by atoms with E-state index in [-0.39, 0.29) is 5.78 Å². The zero-order valence-electron chi connectivity index (χ0n) is 6.19. The molecule has 0 N–H and O–H groups in total. The smallest absolute Gasteiger partial charge is 0.281 e. The van der Waals surface area contributed by atoms with Crippen molar-refractivity contribution in [1.29, 1.82) is 0 Å². The third-order valence-corrected chi connectivity index (χ3v) is 3.28. The molecule has 0 saturated heterocycles. The molecule has 4 heteroatoms. The van der Waals surface area contributed by atoms with Crippen LogP contribution in [-0.2, 0) is 9.22 Å². The molecule has 0 radical (unpaired) electrons. The van der Waals surface area contributed by atoms with Crippen LogP contribution < -0.4 is 0 Å². The number of carbonyl (C=O) groups excluding carboxylic acids is 1. The van der Waals surface area contributed by atoms with Crippen molar-refractivity contribution in [3.63, 3.8) is 0 Å². The maximum Gasteiger partial charge on any atom is 0.281 e. The number of halogens is 1. The fourth-order valence-electron chi connectivity index (χ4n) is 0.403. The zero-order valence-corrected chi connectivity index (χ0v) is 8.10. The lowest BCUT2D eigenvalue weighted by Crippen LogP contribution is -2.13. The summed E-state index contributed by atoms with van der Waals surface area (Å²) < 4.78 is 4.81. The number of hydrogen-bond donors (Lipinski definition) is 0. The molecule has 0 spiro atoms. The Kier molecular flexibility index (Phi) is 4.60. The molecular formula is C6H11ClO2Si. The van der Waals surface area contributed by atoms with E-state index >= 15 is 0 Å². The van der Waals surface area contributed by atoms with Gasteiger partial charge in [0.15, 0.2) is 5.78 Å². The lowest BCUT2D eigenvalue weighted by molar-refractivity contribution is -0.113. The molecule has 0 aromatic rings. The molecule has 0 aromatic heterocycles. The molecule has 1 unspecified atom stereocenters. The Hall–Kier alpha value is -0.123. The van der Waals surface area contributed by atoms with Gasteiger partial charge in [-0.25, -0.2) is 0 Å². The highest BCUT2D eigenvalue weighted by molar-refractivity contribution is 7.04. The molecule has 0 aliphatic carbocycles. The first-order valence-corrected chi connectivity index (χ1v) is 5.97. The van der Waals surface area contributed by atoms with Crippen molar-refractivity contribution in [1.82, 2.24) is 0 Å².